The van der Waals surface area contributed by atoms with E-state index in [1.807, 2.05) is 77.2 Å². The van der Waals surface area contributed by atoms with Gasteiger partial charge in [-0.25, -0.2) is 9.59 Å². The Morgan fingerprint density at radius 3 is 1.72 bits per heavy atom. The van der Waals surface area contributed by atoms with Crippen LogP contribution in [0.25, 0.3) is 0 Å². The molecule has 0 saturated heterocycles. The van der Waals surface area contributed by atoms with Gasteiger partial charge in [0.15, 0.2) is 11.6 Å². The van der Waals surface area contributed by atoms with Crippen molar-refractivity contribution in [1.29, 1.82) is 0 Å². The maximum Gasteiger partial charge on any atom is 0.407 e. The van der Waals surface area contributed by atoms with E-state index in [2.05, 4.69) is 47.7 Å². The van der Waals surface area contributed by atoms with E-state index in [1.54, 1.807) is 4.90 Å². The number of Topliss-reactive ketones (excluding diaryl/α,β-unsaturated/α-hetero) is 1. The number of anilines is 4. The van der Waals surface area contributed by atoms with Crippen molar-refractivity contribution < 1.29 is 28.7 Å². The molecule has 2 fully saturated rings. The highest BCUT2D eigenvalue weighted by Crippen LogP contribution is 2.38. The van der Waals surface area contributed by atoms with Gasteiger partial charge in [0.1, 0.15) is 18.0 Å². The first kappa shape index (κ1) is 40.3. The molecule has 6 N–H and O–H groups in total. The second kappa shape index (κ2) is 17.7. The number of nitrogens with one attached hydrogen (secondary N) is 6. The van der Waals surface area contributed by atoms with Crippen molar-refractivity contribution >= 4 is 46.9 Å². The van der Waals surface area contributed by atoms with Crippen LogP contribution in [-0.2, 0) is 44.9 Å². The lowest BCUT2D eigenvalue weighted by Crippen LogP contribution is -2.33. The molecule has 2 aromatic heterocycles. The molecule has 0 bridgehead atoms. The molecular formula is C43H55N9O6. The number of rotatable bonds is 10. The number of aromatic amines is 2. The van der Waals surface area contributed by atoms with E-state index >= 15 is 0 Å². The van der Waals surface area contributed by atoms with Crippen LogP contribution in [0.4, 0.5) is 32.6 Å². The first-order valence-electron chi connectivity index (χ1n) is 20.4. The zero-order valence-corrected chi connectivity index (χ0v) is 33.9. The number of hydrogen-bond acceptors (Lipinski definition) is 10. The standard InChI is InChI=1S/C22H29N5O3.C21H26N4O3/c1-13(2)23-22(29)30-16-8-7-14(9-16)19-11-20(26-25-19)24-18-6-4-5-15-12-27(3)21(28)10-17(15)18;1-12(2)22-21(27)28-16-7-6-14(9-16)19-11-20(25-24-19)23-18-5-3-4-13-8-15(26)10-17(13)18/h4-6,11,13-14,16H,7-10,12H2,1-3H3,(H,23,29)(H2,24,25,26);3-5,11-12,14,16H,6-10H2,1-2H3,(H,22,27)(H2,23,24,25)/t14-,16?;14-,16+/m00/s1. The number of amides is 3. The number of aromatic nitrogens is 4. The normalized spacial score (nSPS) is 21.0. The Balaban J connectivity index is 0.000000177. The number of ether oxygens (including phenoxy) is 2. The Kier molecular flexibility index (Phi) is 12.3. The summed E-state index contributed by atoms with van der Waals surface area (Å²) in [6.07, 6.45) is 5.75. The molecule has 308 valence electrons. The summed E-state index contributed by atoms with van der Waals surface area (Å²) < 4.78 is 11.0. The lowest BCUT2D eigenvalue weighted by Gasteiger charge is -2.26. The molecule has 58 heavy (non-hydrogen) atoms. The van der Waals surface area contributed by atoms with E-state index in [-0.39, 0.29) is 54.1 Å². The molecule has 1 aliphatic heterocycles. The minimum atomic E-state index is -0.350. The van der Waals surface area contributed by atoms with Crippen molar-refractivity contribution in [3.8, 4) is 0 Å². The van der Waals surface area contributed by atoms with Crippen molar-refractivity contribution in [2.24, 2.45) is 0 Å². The number of nitrogens with zero attached hydrogens (tertiary/aromatic N) is 3. The Morgan fingerprint density at radius 1 is 0.707 bits per heavy atom. The van der Waals surface area contributed by atoms with Crippen molar-refractivity contribution in [2.45, 2.75) is 128 Å². The number of alkyl carbamates (subject to hydrolysis) is 2. The van der Waals surface area contributed by atoms with Crippen molar-refractivity contribution in [3.63, 3.8) is 0 Å². The van der Waals surface area contributed by atoms with Gasteiger partial charge >= 0.3 is 12.2 Å². The third kappa shape index (κ3) is 9.98. The maximum atomic E-state index is 12.1. The lowest BCUT2D eigenvalue weighted by atomic mass is 9.97. The first-order valence-corrected chi connectivity index (χ1v) is 20.4. The Morgan fingerprint density at radius 2 is 1.21 bits per heavy atom. The topological polar surface area (TPSA) is 195 Å². The van der Waals surface area contributed by atoms with Crippen molar-refractivity contribution in [1.82, 2.24) is 35.9 Å². The van der Waals surface area contributed by atoms with Crippen LogP contribution in [-0.4, -0.2) is 80.5 Å². The first-order chi connectivity index (χ1) is 27.9. The molecule has 8 rings (SSSR count). The van der Waals surface area contributed by atoms with Gasteiger partial charge in [0.2, 0.25) is 5.91 Å². The number of ketones is 1. The summed E-state index contributed by atoms with van der Waals surface area (Å²) in [7, 11) is 1.83. The molecule has 3 heterocycles. The molecule has 2 saturated carbocycles. The summed E-state index contributed by atoms with van der Waals surface area (Å²) >= 11 is 0. The van der Waals surface area contributed by atoms with E-state index in [9.17, 15) is 19.2 Å². The van der Waals surface area contributed by atoms with Gasteiger partial charge < -0.3 is 35.6 Å². The van der Waals surface area contributed by atoms with E-state index in [4.69, 9.17) is 9.47 Å². The highest BCUT2D eigenvalue weighted by molar-refractivity contribution is 5.90. The van der Waals surface area contributed by atoms with Gasteiger partial charge in [-0.2, -0.15) is 10.2 Å². The Bertz CT molecular complexity index is 2130. The Hall–Kier alpha value is -5.86. The van der Waals surface area contributed by atoms with Gasteiger partial charge in [0.05, 0.1) is 6.42 Å². The second-order valence-corrected chi connectivity index (χ2v) is 16.5. The number of carbonyl (C=O) groups excluding carboxylic acids is 4. The summed E-state index contributed by atoms with van der Waals surface area (Å²) in [5.41, 5.74) is 8.31. The van der Waals surface area contributed by atoms with Crippen LogP contribution in [0.2, 0.25) is 0 Å². The van der Waals surface area contributed by atoms with Gasteiger partial charge in [-0.05, 0) is 101 Å². The molecular weight excluding hydrogens is 739 g/mol. The summed E-state index contributed by atoms with van der Waals surface area (Å²) in [6.45, 7) is 8.28. The average Bonchev–Trinajstić information content (AvgIpc) is 4.00. The van der Waals surface area contributed by atoms with Crippen LogP contribution in [0, 0.1) is 0 Å². The molecule has 2 aromatic carbocycles. The van der Waals surface area contributed by atoms with E-state index < -0.39 is 0 Å². The second-order valence-electron chi connectivity index (χ2n) is 16.5. The third-order valence-electron chi connectivity index (χ3n) is 11.2. The van der Waals surface area contributed by atoms with Crippen LogP contribution in [0.3, 0.4) is 0 Å². The van der Waals surface area contributed by atoms with Gasteiger partial charge in [-0.1, -0.05) is 24.3 Å². The van der Waals surface area contributed by atoms with Crippen LogP contribution in [0.15, 0.2) is 48.5 Å². The fraction of sp³-hybridized carbons (Fsp3) is 0.488. The van der Waals surface area contributed by atoms with Gasteiger partial charge in [0.25, 0.3) is 0 Å². The van der Waals surface area contributed by atoms with Gasteiger partial charge in [-0.3, -0.25) is 19.8 Å². The fourth-order valence-electron chi connectivity index (χ4n) is 8.33. The molecule has 15 heteroatoms. The summed E-state index contributed by atoms with van der Waals surface area (Å²) in [5, 5.41) is 27.3. The highest BCUT2D eigenvalue weighted by atomic mass is 16.6. The number of hydrogen-bond donors (Lipinski definition) is 6. The van der Waals surface area contributed by atoms with E-state index in [0.29, 0.717) is 31.7 Å². The van der Waals surface area contributed by atoms with Crippen LogP contribution >= 0.6 is 0 Å². The summed E-state index contributed by atoms with van der Waals surface area (Å²) in [4.78, 5) is 49.3. The summed E-state index contributed by atoms with van der Waals surface area (Å²) in [6, 6.07) is 16.2. The van der Waals surface area contributed by atoms with Crippen molar-refractivity contribution in [3.05, 3.63) is 82.2 Å². The quantitative estimate of drug-likeness (QED) is 0.0971. The minimum Gasteiger partial charge on any atom is -0.446 e. The van der Waals surface area contributed by atoms with E-state index in [0.717, 1.165) is 95.2 Å². The maximum absolute atomic E-state index is 12.1. The zero-order valence-electron chi connectivity index (χ0n) is 33.9. The lowest BCUT2D eigenvalue weighted by molar-refractivity contribution is -0.130. The minimum absolute atomic E-state index is 0.0631. The molecule has 3 aliphatic carbocycles. The van der Waals surface area contributed by atoms with Crippen molar-refractivity contribution in [2.75, 3.05) is 17.7 Å². The highest BCUT2D eigenvalue weighted by Gasteiger charge is 2.32. The number of H-pyrrole nitrogens is 2. The van der Waals surface area contributed by atoms with Crippen LogP contribution < -0.4 is 21.3 Å². The largest absolute Gasteiger partial charge is 0.446 e. The molecule has 15 nitrogen and oxygen atoms in total. The Labute approximate surface area is 338 Å². The predicted octanol–water partition coefficient (Wildman–Crippen LogP) is 7.03. The summed E-state index contributed by atoms with van der Waals surface area (Å²) in [5.74, 6) is 2.42. The SMILES string of the molecule is CC(C)NC(=O)OC1CC[C@H](c2cc(Nc3cccc4c3CC(=O)N(C)C4)n[nH]2)C1.CC(C)NC(=O)O[C@@H]1CC[C@H](c2cc(Nc3cccc4c3CC(=O)C4)n[nH]2)C1. The average molecular weight is 794 g/mol. The van der Waals surface area contributed by atoms with Gasteiger partial charge in [-0.15, -0.1) is 0 Å². The molecule has 4 aliphatic rings. The molecule has 4 atom stereocenters. The molecule has 3 amide bonds. The third-order valence-corrected chi connectivity index (χ3v) is 11.2. The molecule has 1 unspecified atom stereocenters. The molecule has 4 aromatic rings. The fourth-order valence-corrected chi connectivity index (χ4v) is 8.33. The number of carbonyl (C=O) groups is 4. The predicted molar refractivity (Wildman–Crippen MR) is 219 cm³/mol. The zero-order chi connectivity index (χ0) is 40.9. The number of benzene rings is 2. The van der Waals surface area contributed by atoms with Crippen LogP contribution in [0.5, 0.6) is 0 Å². The van der Waals surface area contributed by atoms with Crippen LogP contribution in [0.1, 0.15) is 112 Å². The van der Waals surface area contributed by atoms with E-state index in [1.165, 1.54) is 0 Å². The monoisotopic (exact) mass is 793 g/mol. The number of fused-ring (bicyclic) bond motifs is 2. The molecule has 0 spiro atoms. The molecule has 0 radical (unpaired) electrons. The number of likely N-dealkylation sites (N-methyl/N-ethyl adjacent to an activating group) is 1. The van der Waals surface area contributed by atoms with Gasteiger partial charge in [0, 0.05) is 85.2 Å². The smallest absolute Gasteiger partial charge is 0.407 e.